The molecule has 4 atom stereocenters. The third-order valence-electron chi connectivity index (χ3n) is 2.18. The molecule has 4 unspecified atom stereocenters. The summed E-state index contributed by atoms with van der Waals surface area (Å²) < 4.78 is 5.17. The van der Waals surface area contributed by atoms with Crippen LogP contribution in [0.2, 0.25) is 0 Å². The molecule has 1 rings (SSSR count). The molecule has 1 aliphatic rings. The second-order valence-corrected chi connectivity index (χ2v) is 3.23. The van der Waals surface area contributed by atoms with E-state index in [4.69, 9.17) is 9.84 Å². The monoisotopic (exact) mass is 158 g/mol. The van der Waals surface area contributed by atoms with E-state index in [0.29, 0.717) is 0 Å². The topological polar surface area (TPSA) is 46.5 Å². The van der Waals surface area contributed by atoms with E-state index in [9.17, 15) is 4.79 Å². The van der Waals surface area contributed by atoms with Crippen molar-refractivity contribution in [1.82, 2.24) is 0 Å². The van der Waals surface area contributed by atoms with Gasteiger partial charge in [0, 0.05) is 5.92 Å². The molecule has 0 aromatic heterocycles. The zero-order valence-electron chi connectivity index (χ0n) is 7.07. The van der Waals surface area contributed by atoms with Crippen molar-refractivity contribution in [3.8, 4) is 0 Å². The van der Waals surface area contributed by atoms with Crippen LogP contribution < -0.4 is 0 Å². The van der Waals surface area contributed by atoms with Crippen molar-refractivity contribution in [2.75, 3.05) is 0 Å². The number of carbonyl (C=O) groups excluding carboxylic acids is 1. The van der Waals surface area contributed by atoms with Crippen molar-refractivity contribution in [3.63, 3.8) is 0 Å². The van der Waals surface area contributed by atoms with Crippen LogP contribution in [-0.2, 0) is 9.53 Å². The lowest BCUT2D eigenvalue weighted by Crippen LogP contribution is -2.55. The van der Waals surface area contributed by atoms with Crippen molar-refractivity contribution >= 4 is 5.78 Å². The lowest BCUT2D eigenvalue weighted by Gasteiger charge is -2.43. The Morgan fingerprint density at radius 2 is 2.18 bits per heavy atom. The zero-order chi connectivity index (χ0) is 8.59. The summed E-state index contributed by atoms with van der Waals surface area (Å²) in [6.45, 7) is 5.11. The summed E-state index contributed by atoms with van der Waals surface area (Å²) in [7, 11) is 0. The van der Waals surface area contributed by atoms with Gasteiger partial charge in [-0.3, -0.25) is 4.79 Å². The standard InChI is InChI=1S/C8H14O3/c1-4-7(5(2)9)11-8(4)6(3)10/h4-5,7-9H,1-3H3. The Kier molecular flexibility index (Phi) is 2.30. The Balaban J connectivity index is 2.44. The first-order chi connectivity index (χ1) is 5.04. The first-order valence-corrected chi connectivity index (χ1v) is 3.88. The molecule has 64 valence electrons. The van der Waals surface area contributed by atoms with Crippen LogP contribution in [0.4, 0.5) is 0 Å². The molecule has 0 saturated carbocycles. The average Bonchev–Trinajstić information content (AvgIpc) is 1.82. The fraction of sp³-hybridized carbons (Fsp3) is 0.875. The highest BCUT2D eigenvalue weighted by Gasteiger charge is 2.43. The van der Waals surface area contributed by atoms with Crippen molar-refractivity contribution in [3.05, 3.63) is 0 Å². The van der Waals surface area contributed by atoms with Gasteiger partial charge in [-0.2, -0.15) is 0 Å². The maximum atomic E-state index is 10.8. The van der Waals surface area contributed by atoms with Gasteiger partial charge in [-0.05, 0) is 13.8 Å². The fourth-order valence-corrected chi connectivity index (χ4v) is 1.52. The van der Waals surface area contributed by atoms with E-state index in [1.54, 1.807) is 6.92 Å². The molecule has 1 aliphatic heterocycles. The van der Waals surface area contributed by atoms with Crippen molar-refractivity contribution in [1.29, 1.82) is 0 Å². The number of ether oxygens (including phenoxy) is 1. The highest BCUT2D eigenvalue weighted by atomic mass is 16.5. The molecule has 1 N–H and O–H groups in total. The summed E-state index contributed by atoms with van der Waals surface area (Å²) in [6.07, 6.45) is -0.904. The van der Waals surface area contributed by atoms with Crippen LogP contribution >= 0.6 is 0 Å². The largest absolute Gasteiger partial charge is 0.391 e. The molecule has 0 amide bonds. The van der Waals surface area contributed by atoms with Crippen LogP contribution in [0.25, 0.3) is 0 Å². The predicted octanol–water partition coefficient (Wildman–Crippen LogP) is 0.360. The second kappa shape index (κ2) is 2.91. The molecule has 0 bridgehead atoms. The third-order valence-corrected chi connectivity index (χ3v) is 2.18. The molecule has 3 heteroatoms. The molecule has 11 heavy (non-hydrogen) atoms. The summed E-state index contributed by atoms with van der Waals surface area (Å²) in [5.74, 6) is 0.210. The maximum Gasteiger partial charge on any atom is 0.158 e. The van der Waals surface area contributed by atoms with Crippen molar-refractivity contribution in [2.45, 2.75) is 39.1 Å². The zero-order valence-corrected chi connectivity index (χ0v) is 7.07. The fourth-order valence-electron chi connectivity index (χ4n) is 1.52. The van der Waals surface area contributed by atoms with Gasteiger partial charge in [0.2, 0.25) is 0 Å². The van der Waals surface area contributed by atoms with Gasteiger partial charge in [0.25, 0.3) is 0 Å². The molecule has 1 heterocycles. The third kappa shape index (κ3) is 1.44. The summed E-state index contributed by atoms with van der Waals surface area (Å²) in [5.41, 5.74) is 0. The Bertz CT molecular complexity index is 165. The van der Waals surface area contributed by atoms with Gasteiger partial charge in [0.05, 0.1) is 12.2 Å². The van der Waals surface area contributed by atoms with Crippen LogP contribution in [0, 0.1) is 5.92 Å². The second-order valence-electron chi connectivity index (χ2n) is 3.23. The van der Waals surface area contributed by atoms with Crippen LogP contribution in [-0.4, -0.2) is 29.2 Å². The molecule has 1 saturated heterocycles. The Labute approximate surface area is 66.4 Å². The molecule has 0 aromatic carbocycles. The van der Waals surface area contributed by atoms with E-state index in [1.165, 1.54) is 6.92 Å². The molecule has 0 aromatic rings. The number of carbonyl (C=O) groups is 1. The predicted molar refractivity (Wildman–Crippen MR) is 40.2 cm³/mol. The van der Waals surface area contributed by atoms with Gasteiger partial charge < -0.3 is 9.84 Å². The molecule has 0 spiro atoms. The summed E-state index contributed by atoms with van der Waals surface area (Å²) >= 11 is 0. The van der Waals surface area contributed by atoms with E-state index >= 15 is 0 Å². The minimum atomic E-state index is -0.472. The number of aliphatic hydroxyl groups is 1. The Hall–Kier alpha value is -0.410. The van der Waals surface area contributed by atoms with Gasteiger partial charge in [0.1, 0.15) is 6.10 Å². The van der Waals surface area contributed by atoms with E-state index in [0.717, 1.165) is 0 Å². The van der Waals surface area contributed by atoms with Gasteiger partial charge in [-0.1, -0.05) is 6.92 Å². The average molecular weight is 158 g/mol. The smallest absolute Gasteiger partial charge is 0.158 e. The van der Waals surface area contributed by atoms with E-state index in [2.05, 4.69) is 0 Å². The van der Waals surface area contributed by atoms with Gasteiger partial charge >= 0.3 is 0 Å². The highest BCUT2D eigenvalue weighted by molar-refractivity contribution is 5.81. The SMILES string of the molecule is CC(=O)C1OC(C(C)O)C1C. The molecule has 1 fully saturated rings. The number of rotatable bonds is 2. The van der Waals surface area contributed by atoms with Crippen LogP contribution in [0.3, 0.4) is 0 Å². The minimum Gasteiger partial charge on any atom is -0.391 e. The van der Waals surface area contributed by atoms with Crippen LogP contribution in [0.1, 0.15) is 20.8 Å². The maximum absolute atomic E-state index is 10.8. The summed E-state index contributed by atoms with van der Waals surface area (Å²) in [4.78, 5) is 10.8. The van der Waals surface area contributed by atoms with E-state index < -0.39 is 6.10 Å². The van der Waals surface area contributed by atoms with Gasteiger partial charge in [-0.15, -0.1) is 0 Å². The Morgan fingerprint density at radius 3 is 2.45 bits per heavy atom. The Morgan fingerprint density at radius 1 is 1.64 bits per heavy atom. The molecular weight excluding hydrogens is 144 g/mol. The molecule has 0 aliphatic carbocycles. The van der Waals surface area contributed by atoms with E-state index in [1.807, 2.05) is 6.92 Å². The van der Waals surface area contributed by atoms with Crippen molar-refractivity contribution in [2.24, 2.45) is 5.92 Å². The first-order valence-electron chi connectivity index (χ1n) is 3.88. The molecule has 3 nitrogen and oxygen atoms in total. The molecule has 0 radical (unpaired) electrons. The van der Waals surface area contributed by atoms with Crippen molar-refractivity contribution < 1.29 is 14.6 Å². The lowest BCUT2D eigenvalue weighted by molar-refractivity contribution is -0.209. The number of hydrogen-bond donors (Lipinski definition) is 1. The van der Waals surface area contributed by atoms with Crippen LogP contribution in [0.15, 0.2) is 0 Å². The number of hydrogen-bond acceptors (Lipinski definition) is 3. The quantitative estimate of drug-likeness (QED) is 0.631. The minimum absolute atomic E-state index is 0.0504. The summed E-state index contributed by atoms with van der Waals surface area (Å²) in [5, 5.41) is 9.11. The number of ketones is 1. The number of Topliss-reactive ketones (excluding diaryl/α,β-unsaturated/α-hetero) is 1. The normalized spacial score (nSPS) is 39.5. The lowest BCUT2D eigenvalue weighted by atomic mass is 9.86. The first kappa shape index (κ1) is 8.68. The van der Waals surface area contributed by atoms with Gasteiger partial charge in [-0.25, -0.2) is 0 Å². The summed E-state index contributed by atoms with van der Waals surface area (Å²) in [6, 6.07) is 0. The number of aliphatic hydroxyl groups excluding tert-OH is 1. The molecular formula is C8H14O3. The highest BCUT2D eigenvalue weighted by Crippen LogP contribution is 2.30. The van der Waals surface area contributed by atoms with Crippen LogP contribution in [0.5, 0.6) is 0 Å². The van der Waals surface area contributed by atoms with Gasteiger partial charge in [0.15, 0.2) is 5.78 Å². The van der Waals surface area contributed by atoms with E-state index in [-0.39, 0.29) is 23.9 Å².